The van der Waals surface area contributed by atoms with E-state index in [1.165, 1.54) is 16.8 Å². The van der Waals surface area contributed by atoms with E-state index < -0.39 is 0 Å². The molecule has 0 aliphatic rings. The third-order valence-electron chi connectivity index (χ3n) is 3.47. The van der Waals surface area contributed by atoms with Gasteiger partial charge in [-0.1, -0.05) is 28.1 Å². The second-order valence-electron chi connectivity index (χ2n) is 4.93. The van der Waals surface area contributed by atoms with Crippen molar-refractivity contribution in [3.63, 3.8) is 0 Å². The lowest BCUT2D eigenvalue weighted by molar-refractivity contribution is 0.649. The number of aromatic nitrogens is 1. The van der Waals surface area contributed by atoms with Crippen molar-refractivity contribution in [2.75, 3.05) is 19.0 Å². The van der Waals surface area contributed by atoms with Crippen molar-refractivity contribution in [1.82, 2.24) is 10.3 Å². The van der Waals surface area contributed by atoms with Gasteiger partial charge in [0.1, 0.15) is 0 Å². The van der Waals surface area contributed by atoms with Crippen molar-refractivity contribution in [3.8, 4) is 0 Å². The third-order valence-corrected chi connectivity index (χ3v) is 4.15. The molecule has 1 heterocycles. The summed E-state index contributed by atoms with van der Waals surface area (Å²) in [6, 6.07) is 10.9. The van der Waals surface area contributed by atoms with Crippen molar-refractivity contribution in [1.29, 1.82) is 0 Å². The maximum atomic E-state index is 4.15. The zero-order valence-electron chi connectivity index (χ0n) is 12.1. The molecule has 2 aromatic rings. The first kappa shape index (κ1) is 15.0. The van der Waals surface area contributed by atoms with Crippen LogP contribution in [0.3, 0.4) is 0 Å². The quantitative estimate of drug-likeness (QED) is 0.902. The molecule has 1 unspecified atom stereocenters. The fraction of sp³-hybridized carbons (Fsp3) is 0.312. The molecule has 0 fully saturated rings. The number of hydrogen-bond donors (Lipinski definition) is 1. The van der Waals surface area contributed by atoms with Crippen LogP contribution in [0, 0.1) is 0 Å². The first-order chi connectivity index (χ1) is 9.61. The number of nitrogens with one attached hydrogen (secondary N) is 1. The molecule has 0 aliphatic carbocycles. The molecule has 0 radical (unpaired) electrons. The van der Waals surface area contributed by atoms with Gasteiger partial charge in [0.05, 0.1) is 0 Å². The van der Waals surface area contributed by atoms with Crippen LogP contribution in [0.25, 0.3) is 0 Å². The van der Waals surface area contributed by atoms with Crippen LogP contribution >= 0.6 is 15.9 Å². The van der Waals surface area contributed by atoms with Gasteiger partial charge in [-0.15, -0.1) is 0 Å². The Balaban J connectivity index is 2.15. The molecule has 0 saturated heterocycles. The van der Waals surface area contributed by atoms with Crippen LogP contribution in [0.4, 0.5) is 5.69 Å². The molecule has 2 rings (SSSR count). The molecular formula is C16H20BrN3. The molecule has 20 heavy (non-hydrogen) atoms. The second kappa shape index (κ2) is 6.86. The highest BCUT2D eigenvalue weighted by Crippen LogP contribution is 2.28. The van der Waals surface area contributed by atoms with Crippen LogP contribution < -0.4 is 10.2 Å². The molecular weight excluding hydrogens is 314 g/mol. The van der Waals surface area contributed by atoms with Crippen molar-refractivity contribution >= 4 is 21.6 Å². The summed E-state index contributed by atoms with van der Waals surface area (Å²) in [6.45, 7) is 3.00. The zero-order chi connectivity index (χ0) is 14.5. The lowest BCUT2D eigenvalue weighted by Crippen LogP contribution is -2.17. The predicted octanol–water partition coefficient (Wildman–Crippen LogP) is 3.76. The average Bonchev–Trinajstić information content (AvgIpc) is 2.47. The first-order valence-corrected chi connectivity index (χ1v) is 7.48. The molecule has 0 bridgehead atoms. The van der Waals surface area contributed by atoms with E-state index in [0.717, 1.165) is 11.0 Å². The van der Waals surface area contributed by atoms with Gasteiger partial charge in [0.15, 0.2) is 0 Å². The summed E-state index contributed by atoms with van der Waals surface area (Å²) < 4.78 is 1.13. The van der Waals surface area contributed by atoms with E-state index in [0.29, 0.717) is 6.04 Å². The summed E-state index contributed by atoms with van der Waals surface area (Å²) in [5, 5.41) is 3.26. The monoisotopic (exact) mass is 333 g/mol. The molecule has 0 amide bonds. The van der Waals surface area contributed by atoms with Crippen molar-refractivity contribution in [2.24, 2.45) is 0 Å². The minimum absolute atomic E-state index is 0.335. The maximum Gasteiger partial charge on any atom is 0.0441 e. The van der Waals surface area contributed by atoms with Crippen molar-refractivity contribution < 1.29 is 0 Å². The fourth-order valence-corrected chi connectivity index (χ4v) is 2.83. The Morgan fingerprint density at radius 2 is 2.15 bits per heavy atom. The Morgan fingerprint density at radius 1 is 1.35 bits per heavy atom. The van der Waals surface area contributed by atoms with Crippen molar-refractivity contribution in [2.45, 2.75) is 19.5 Å². The summed E-state index contributed by atoms with van der Waals surface area (Å²) in [4.78, 5) is 6.37. The van der Waals surface area contributed by atoms with E-state index >= 15 is 0 Å². The van der Waals surface area contributed by atoms with Gasteiger partial charge in [0, 0.05) is 42.2 Å². The Hall–Kier alpha value is -1.39. The van der Waals surface area contributed by atoms with Crippen LogP contribution in [-0.2, 0) is 6.54 Å². The van der Waals surface area contributed by atoms with E-state index in [4.69, 9.17) is 0 Å². The molecule has 106 valence electrons. The molecule has 0 aliphatic heterocycles. The molecule has 1 aromatic heterocycles. The molecule has 3 nitrogen and oxygen atoms in total. The smallest absolute Gasteiger partial charge is 0.0441 e. The highest BCUT2D eigenvalue weighted by atomic mass is 79.9. The zero-order valence-corrected chi connectivity index (χ0v) is 13.7. The van der Waals surface area contributed by atoms with Gasteiger partial charge < -0.3 is 10.2 Å². The molecule has 1 N–H and O–H groups in total. The minimum atomic E-state index is 0.335. The fourth-order valence-electron chi connectivity index (χ4n) is 2.12. The predicted molar refractivity (Wildman–Crippen MR) is 88.0 cm³/mol. The normalized spacial score (nSPS) is 12.2. The van der Waals surface area contributed by atoms with Crippen LogP contribution in [-0.4, -0.2) is 19.1 Å². The average molecular weight is 334 g/mol. The summed E-state index contributed by atoms with van der Waals surface area (Å²) in [5.74, 6) is 0. The molecule has 0 spiro atoms. The van der Waals surface area contributed by atoms with E-state index in [1.807, 2.05) is 19.3 Å². The number of pyridine rings is 1. The number of rotatable bonds is 5. The third kappa shape index (κ3) is 3.58. The number of nitrogens with zero attached hydrogens (tertiary/aromatic N) is 2. The number of benzene rings is 1. The minimum Gasteiger partial charge on any atom is -0.370 e. The van der Waals surface area contributed by atoms with Gasteiger partial charge in [-0.2, -0.15) is 0 Å². The van der Waals surface area contributed by atoms with E-state index in [9.17, 15) is 0 Å². The second-order valence-corrected chi connectivity index (χ2v) is 5.79. The van der Waals surface area contributed by atoms with Gasteiger partial charge in [-0.25, -0.2) is 0 Å². The van der Waals surface area contributed by atoms with Gasteiger partial charge in [0.2, 0.25) is 0 Å². The number of halogens is 1. The standard InChI is InChI=1S/C16H20BrN3/c1-12(18-2)15-7-6-14(9-16(15)17)20(3)11-13-5-4-8-19-10-13/h4-10,12,18H,11H2,1-3H3. The van der Waals surface area contributed by atoms with Crippen LogP contribution in [0.2, 0.25) is 0 Å². The Labute approximate surface area is 129 Å². The molecule has 4 heteroatoms. The Morgan fingerprint density at radius 3 is 2.75 bits per heavy atom. The lowest BCUT2D eigenvalue weighted by atomic mass is 10.1. The van der Waals surface area contributed by atoms with E-state index in [-0.39, 0.29) is 0 Å². The van der Waals surface area contributed by atoms with Crippen LogP contribution in [0.1, 0.15) is 24.1 Å². The largest absolute Gasteiger partial charge is 0.370 e. The maximum absolute atomic E-state index is 4.15. The summed E-state index contributed by atoms with van der Waals surface area (Å²) in [6.07, 6.45) is 3.71. The summed E-state index contributed by atoms with van der Waals surface area (Å²) in [5.41, 5.74) is 3.66. The van der Waals surface area contributed by atoms with Gasteiger partial charge in [-0.3, -0.25) is 4.98 Å². The Bertz CT molecular complexity index is 557. The molecule has 0 saturated carbocycles. The highest BCUT2D eigenvalue weighted by Gasteiger charge is 2.10. The van der Waals surface area contributed by atoms with Crippen LogP contribution in [0.15, 0.2) is 47.2 Å². The van der Waals surface area contributed by atoms with Gasteiger partial charge in [-0.05, 0) is 43.3 Å². The van der Waals surface area contributed by atoms with E-state index in [2.05, 4.69) is 69.4 Å². The molecule has 1 aromatic carbocycles. The summed E-state index contributed by atoms with van der Waals surface area (Å²) in [7, 11) is 4.06. The van der Waals surface area contributed by atoms with Crippen molar-refractivity contribution in [3.05, 3.63) is 58.3 Å². The van der Waals surface area contributed by atoms with E-state index in [1.54, 1.807) is 6.20 Å². The van der Waals surface area contributed by atoms with Crippen LogP contribution in [0.5, 0.6) is 0 Å². The van der Waals surface area contributed by atoms with Gasteiger partial charge >= 0.3 is 0 Å². The summed E-state index contributed by atoms with van der Waals surface area (Å²) >= 11 is 3.66. The SMILES string of the molecule is CNC(C)c1ccc(N(C)Cc2cccnc2)cc1Br. The van der Waals surface area contributed by atoms with Gasteiger partial charge in [0.25, 0.3) is 0 Å². The topological polar surface area (TPSA) is 28.2 Å². The number of hydrogen-bond acceptors (Lipinski definition) is 3. The Kier molecular flexibility index (Phi) is 5.15. The molecule has 1 atom stereocenters. The number of anilines is 1. The lowest BCUT2D eigenvalue weighted by Gasteiger charge is -2.21. The highest BCUT2D eigenvalue weighted by molar-refractivity contribution is 9.10. The first-order valence-electron chi connectivity index (χ1n) is 6.68.